The van der Waals surface area contributed by atoms with E-state index < -0.39 is 18.6 Å². The summed E-state index contributed by atoms with van der Waals surface area (Å²) in [4.78, 5) is 25.5. The van der Waals surface area contributed by atoms with Crippen molar-refractivity contribution in [2.45, 2.75) is 27.2 Å². The van der Waals surface area contributed by atoms with Crippen molar-refractivity contribution in [3.63, 3.8) is 0 Å². The van der Waals surface area contributed by atoms with Crippen LogP contribution >= 0.6 is 0 Å². The number of urea groups is 1. The van der Waals surface area contributed by atoms with E-state index in [-0.39, 0.29) is 5.41 Å². The van der Waals surface area contributed by atoms with Gasteiger partial charge in [0.2, 0.25) is 0 Å². The molecule has 0 aliphatic heterocycles. The second-order valence-corrected chi connectivity index (χ2v) is 3.98. The predicted molar refractivity (Wildman–Crippen MR) is 54.2 cm³/mol. The first-order chi connectivity index (χ1) is 6.87. The lowest BCUT2D eigenvalue weighted by Crippen LogP contribution is -2.41. The first kappa shape index (κ1) is 13.7. The lowest BCUT2D eigenvalue weighted by Gasteiger charge is -2.22. The largest absolute Gasteiger partial charge is 0.479 e. The lowest BCUT2D eigenvalue weighted by atomic mass is 9.90. The molecule has 0 aliphatic carbocycles. The van der Waals surface area contributed by atoms with Crippen LogP contribution in [0.4, 0.5) is 4.79 Å². The zero-order chi connectivity index (χ0) is 11.9. The number of amides is 2. The molecule has 2 amide bonds. The monoisotopic (exact) mass is 218 g/mol. The molecular weight excluding hydrogens is 200 g/mol. The topological polar surface area (TPSA) is 87.7 Å². The van der Waals surface area contributed by atoms with Gasteiger partial charge in [0.15, 0.2) is 6.61 Å². The van der Waals surface area contributed by atoms with Crippen LogP contribution in [-0.2, 0) is 9.63 Å². The van der Waals surface area contributed by atoms with Crippen molar-refractivity contribution in [1.29, 1.82) is 0 Å². The van der Waals surface area contributed by atoms with Crippen molar-refractivity contribution in [2.24, 2.45) is 5.41 Å². The Morgan fingerprint density at radius 2 is 2.00 bits per heavy atom. The molecule has 3 N–H and O–H groups in total. The highest BCUT2D eigenvalue weighted by Gasteiger charge is 2.15. The Morgan fingerprint density at radius 3 is 2.47 bits per heavy atom. The van der Waals surface area contributed by atoms with E-state index in [1.807, 2.05) is 26.3 Å². The Kier molecular flexibility index (Phi) is 5.69. The van der Waals surface area contributed by atoms with Crippen molar-refractivity contribution >= 4 is 12.0 Å². The van der Waals surface area contributed by atoms with Crippen LogP contribution in [0.15, 0.2) is 0 Å². The zero-order valence-corrected chi connectivity index (χ0v) is 9.29. The van der Waals surface area contributed by atoms with Crippen molar-refractivity contribution < 1.29 is 19.5 Å². The summed E-state index contributed by atoms with van der Waals surface area (Å²) in [7, 11) is 0. The normalized spacial score (nSPS) is 10.9. The van der Waals surface area contributed by atoms with Gasteiger partial charge < -0.3 is 10.4 Å². The number of aliphatic carboxylic acids is 1. The highest BCUT2D eigenvalue weighted by atomic mass is 16.7. The van der Waals surface area contributed by atoms with E-state index in [1.165, 1.54) is 0 Å². The van der Waals surface area contributed by atoms with E-state index in [9.17, 15) is 9.59 Å². The quantitative estimate of drug-likeness (QED) is 0.574. The molecule has 6 heteroatoms. The summed E-state index contributed by atoms with van der Waals surface area (Å²) >= 11 is 0. The number of carboxylic acids is 1. The smallest absolute Gasteiger partial charge is 0.338 e. The molecule has 88 valence electrons. The summed E-state index contributed by atoms with van der Waals surface area (Å²) in [6.45, 7) is 6.02. The van der Waals surface area contributed by atoms with Crippen LogP contribution in [0.5, 0.6) is 0 Å². The molecule has 0 unspecified atom stereocenters. The Morgan fingerprint density at radius 1 is 1.40 bits per heavy atom. The van der Waals surface area contributed by atoms with E-state index in [2.05, 4.69) is 10.2 Å². The maximum Gasteiger partial charge on any atom is 0.338 e. The van der Waals surface area contributed by atoms with Gasteiger partial charge in [-0.25, -0.2) is 15.1 Å². The van der Waals surface area contributed by atoms with Crippen LogP contribution < -0.4 is 10.8 Å². The second-order valence-electron chi connectivity index (χ2n) is 3.98. The van der Waals surface area contributed by atoms with Gasteiger partial charge >= 0.3 is 12.0 Å². The Balaban J connectivity index is 3.62. The first-order valence-electron chi connectivity index (χ1n) is 4.75. The van der Waals surface area contributed by atoms with Gasteiger partial charge in [0.05, 0.1) is 0 Å². The lowest BCUT2D eigenvalue weighted by molar-refractivity contribution is -0.144. The number of carbonyl (C=O) groups is 2. The summed E-state index contributed by atoms with van der Waals surface area (Å²) in [6.07, 6.45) is 0.934. The molecule has 0 saturated heterocycles. The van der Waals surface area contributed by atoms with Gasteiger partial charge in [-0.05, 0) is 11.8 Å². The number of carboxylic acid groups (broad SMARTS) is 1. The molecule has 6 nitrogen and oxygen atoms in total. The van der Waals surface area contributed by atoms with Crippen molar-refractivity contribution in [1.82, 2.24) is 10.8 Å². The number of carbonyl (C=O) groups excluding carboxylic acids is 1. The summed E-state index contributed by atoms with van der Waals surface area (Å²) in [5.74, 6) is -1.14. The fraction of sp³-hybridized carbons (Fsp3) is 0.778. The average molecular weight is 218 g/mol. The minimum absolute atomic E-state index is 0.0180. The standard InChI is InChI=1S/C9H18N2O4/c1-4-9(2,3)6-10-8(14)11-15-5-7(12)13/h4-6H2,1-3H3,(H,12,13)(H2,10,11,14). The van der Waals surface area contributed by atoms with Crippen molar-refractivity contribution in [3.05, 3.63) is 0 Å². The summed E-state index contributed by atoms with van der Waals surface area (Å²) in [6, 6.07) is -0.530. The average Bonchev–Trinajstić information content (AvgIpc) is 2.14. The molecule has 0 fully saturated rings. The van der Waals surface area contributed by atoms with Gasteiger partial charge in [-0.1, -0.05) is 20.8 Å². The minimum atomic E-state index is -1.14. The molecule has 0 spiro atoms. The van der Waals surface area contributed by atoms with Crippen LogP contribution in [0, 0.1) is 5.41 Å². The third-order valence-electron chi connectivity index (χ3n) is 2.05. The fourth-order valence-corrected chi connectivity index (χ4v) is 0.644. The molecule has 0 bridgehead atoms. The maximum atomic E-state index is 11.0. The molecule has 15 heavy (non-hydrogen) atoms. The fourth-order valence-electron chi connectivity index (χ4n) is 0.644. The summed E-state index contributed by atoms with van der Waals surface area (Å²) < 4.78 is 0. The number of hydrogen-bond donors (Lipinski definition) is 3. The van der Waals surface area contributed by atoms with Crippen molar-refractivity contribution in [2.75, 3.05) is 13.2 Å². The number of hydrogen-bond acceptors (Lipinski definition) is 3. The van der Waals surface area contributed by atoms with E-state index in [0.29, 0.717) is 6.54 Å². The van der Waals surface area contributed by atoms with Crippen LogP contribution in [0.3, 0.4) is 0 Å². The Labute approximate surface area is 88.9 Å². The molecule has 0 aromatic heterocycles. The molecular formula is C9H18N2O4. The zero-order valence-electron chi connectivity index (χ0n) is 9.29. The summed E-state index contributed by atoms with van der Waals surface area (Å²) in [5.41, 5.74) is 2.00. The van der Waals surface area contributed by atoms with E-state index >= 15 is 0 Å². The summed E-state index contributed by atoms with van der Waals surface area (Å²) in [5, 5.41) is 10.8. The highest BCUT2D eigenvalue weighted by molar-refractivity contribution is 5.73. The van der Waals surface area contributed by atoms with Gasteiger partial charge in [-0.2, -0.15) is 0 Å². The third kappa shape index (κ3) is 7.75. The van der Waals surface area contributed by atoms with E-state index in [1.54, 1.807) is 0 Å². The molecule has 0 heterocycles. The Bertz CT molecular complexity index is 228. The minimum Gasteiger partial charge on any atom is -0.479 e. The predicted octanol–water partition coefficient (Wildman–Crippen LogP) is 0.738. The highest BCUT2D eigenvalue weighted by Crippen LogP contribution is 2.17. The van der Waals surface area contributed by atoms with Gasteiger partial charge in [0.1, 0.15) is 0 Å². The SMILES string of the molecule is CCC(C)(C)CNC(=O)NOCC(=O)O. The van der Waals surface area contributed by atoms with Crippen LogP contribution in [0.2, 0.25) is 0 Å². The molecule has 0 aliphatic rings. The van der Waals surface area contributed by atoms with Crippen LogP contribution in [0.1, 0.15) is 27.2 Å². The van der Waals surface area contributed by atoms with Crippen molar-refractivity contribution in [3.8, 4) is 0 Å². The maximum absolute atomic E-state index is 11.0. The molecule has 0 rings (SSSR count). The first-order valence-corrected chi connectivity index (χ1v) is 4.75. The van der Waals surface area contributed by atoms with E-state index in [4.69, 9.17) is 5.11 Å². The van der Waals surface area contributed by atoms with Gasteiger partial charge in [-0.15, -0.1) is 0 Å². The molecule has 0 aromatic carbocycles. The Hall–Kier alpha value is -1.30. The molecule has 0 radical (unpaired) electrons. The molecule has 0 atom stereocenters. The van der Waals surface area contributed by atoms with Gasteiger partial charge in [-0.3, -0.25) is 4.84 Å². The van der Waals surface area contributed by atoms with Crippen LogP contribution in [-0.4, -0.2) is 30.3 Å². The van der Waals surface area contributed by atoms with E-state index in [0.717, 1.165) is 6.42 Å². The molecule has 0 aromatic rings. The van der Waals surface area contributed by atoms with Gasteiger partial charge in [0, 0.05) is 6.54 Å². The third-order valence-corrected chi connectivity index (χ3v) is 2.05. The van der Waals surface area contributed by atoms with Crippen LogP contribution in [0.25, 0.3) is 0 Å². The number of rotatable bonds is 6. The number of hydroxylamine groups is 1. The number of nitrogens with one attached hydrogen (secondary N) is 2. The van der Waals surface area contributed by atoms with Gasteiger partial charge in [0.25, 0.3) is 0 Å². The second kappa shape index (κ2) is 6.23. The molecule has 0 saturated carbocycles.